The smallest absolute Gasteiger partial charge is 0.152 e. The zero-order valence-electron chi connectivity index (χ0n) is 6.99. The van der Waals surface area contributed by atoms with Gasteiger partial charge >= 0.3 is 0 Å². The van der Waals surface area contributed by atoms with Crippen molar-refractivity contribution in [2.24, 2.45) is 10.7 Å². The van der Waals surface area contributed by atoms with Crippen LogP contribution in [0.4, 0.5) is 0 Å². The van der Waals surface area contributed by atoms with E-state index in [2.05, 4.69) is 10.3 Å². The Morgan fingerprint density at radius 2 is 2.15 bits per heavy atom. The van der Waals surface area contributed by atoms with Crippen LogP contribution in [-0.2, 0) is 0 Å². The Hall–Kier alpha value is -2.01. The Balaban J connectivity index is 2.50. The van der Waals surface area contributed by atoms with Gasteiger partial charge in [0.2, 0.25) is 0 Å². The molecule has 1 rings (SSSR count). The zero-order valence-corrected chi connectivity index (χ0v) is 6.99. The molecule has 1 aliphatic carbocycles. The second-order valence-electron chi connectivity index (χ2n) is 2.67. The summed E-state index contributed by atoms with van der Waals surface area (Å²) in [5.74, 6) is 0. The quantitative estimate of drug-likeness (QED) is 0.358. The Kier molecular flexibility index (Phi) is 2.88. The second kappa shape index (κ2) is 4.13. The maximum atomic E-state index is 8.55. The molecule has 3 N–H and O–H groups in total. The van der Waals surface area contributed by atoms with Gasteiger partial charge in [0.1, 0.15) is 17.8 Å². The number of hydrogen-bond acceptors (Lipinski definition) is 4. The number of nitrogens with zero attached hydrogens (tertiary/aromatic N) is 3. The van der Waals surface area contributed by atoms with Crippen molar-refractivity contribution in [1.29, 1.82) is 10.5 Å². The molecule has 1 saturated carbocycles. The van der Waals surface area contributed by atoms with E-state index in [9.17, 15) is 0 Å². The van der Waals surface area contributed by atoms with Crippen LogP contribution in [0.1, 0.15) is 12.8 Å². The third-order valence-electron chi connectivity index (χ3n) is 1.54. The maximum absolute atomic E-state index is 8.55. The molecule has 0 atom stereocenters. The average Bonchev–Trinajstić information content (AvgIpc) is 2.95. The van der Waals surface area contributed by atoms with Crippen LogP contribution in [0, 0.1) is 22.7 Å². The van der Waals surface area contributed by atoms with Crippen molar-refractivity contribution in [2.75, 3.05) is 0 Å². The highest BCUT2D eigenvalue weighted by Gasteiger charge is 2.18. The summed E-state index contributed by atoms with van der Waals surface area (Å²) in [6.07, 6.45) is 3.61. The Morgan fingerprint density at radius 1 is 1.46 bits per heavy atom. The normalized spacial score (nSPS) is 17.4. The lowest BCUT2D eigenvalue weighted by Gasteiger charge is -1.96. The van der Waals surface area contributed by atoms with Crippen LogP contribution in [0.25, 0.3) is 0 Å². The molecule has 0 unspecified atom stereocenters. The summed E-state index contributed by atoms with van der Waals surface area (Å²) in [5.41, 5.74) is 5.16. The first kappa shape index (κ1) is 9.08. The van der Waals surface area contributed by atoms with Crippen molar-refractivity contribution in [3.63, 3.8) is 0 Å². The van der Waals surface area contributed by atoms with Crippen LogP contribution in [0.2, 0.25) is 0 Å². The van der Waals surface area contributed by atoms with Gasteiger partial charge in [0, 0.05) is 0 Å². The van der Waals surface area contributed by atoms with Gasteiger partial charge in [-0.1, -0.05) is 0 Å². The predicted octanol–water partition coefficient (Wildman–Crippen LogP) is -0.0158. The lowest BCUT2D eigenvalue weighted by molar-refractivity contribution is 1.04. The van der Waals surface area contributed by atoms with E-state index in [1.54, 1.807) is 12.1 Å². The van der Waals surface area contributed by atoms with Crippen LogP contribution in [0.15, 0.2) is 16.4 Å². The third kappa shape index (κ3) is 2.84. The van der Waals surface area contributed by atoms with Gasteiger partial charge in [-0.25, -0.2) is 0 Å². The zero-order chi connectivity index (χ0) is 9.68. The average molecular weight is 175 g/mol. The van der Waals surface area contributed by atoms with E-state index in [1.165, 1.54) is 6.34 Å². The van der Waals surface area contributed by atoms with Gasteiger partial charge in [-0.2, -0.15) is 10.5 Å². The van der Waals surface area contributed by atoms with Gasteiger partial charge in [0.05, 0.1) is 12.4 Å². The molecule has 0 aromatic heterocycles. The number of rotatable bonds is 3. The molecule has 0 radical (unpaired) electrons. The number of nitrogens with two attached hydrogens (primary N) is 1. The molecule has 5 heteroatoms. The highest BCUT2D eigenvalue weighted by Crippen LogP contribution is 2.22. The molecule has 66 valence electrons. The van der Waals surface area contributed by atoms with Crippen LogP contribution in [-0.4, -0.2) is 12.4 Å². The first-order valence-electron chi connectivity index (χ1n) is 3.86. The Bertz CT molecular complexity index is 323. The van der Waals surface area contributed by atoms with E-state index >= 15 is 0 Å². The predicted molar refractivity (Wildman–Crippen MR) is 47.1 cm³/mol. The summed E-state index contributed by atoms with van der Waals surface area (Å²) in [7, 11) is 0. The van der Waals surface area contributed by atoms with Crippen molar-refractivity contribution in [3.05, 3.63) is 11.4 Å². The molecule has 0 amide bonds. The molecule has 0 bridgehead atoms. The summed E-state index contributed by atoms with van der Waals surface area (Å²) in [6, 6.07) is 3.84. The molecule has 0 heterocycles. The maximum Gasteiger partial charge on any atom is 0.152 e. The number of allylic oxidation sites excluding steroid dienone is 2. The first-order chi connectivity index (χ1) is 6.27. The molecule has 0 aromatic carbocycles. The summed E-state index contributed by atoms with van der Waals surface area (Å²) in [5, 5.41) is 19.5. The molecule has 5 nitrogen and oxygen atoms in total. The minimum atomic E-state index is -0.121. The lowest BCUT2D eigenvalue weighted by atomic mass is 10.4. The van der Waals surface area contributed by atoms with E-state index in [1.807, 2.05) is 0 Å². The van der Waals surface area contributed by atoms with Crippen LogP contribution in [0.5, 0.6) is 0 Å². The van der Waals surface area contributed by atoms with Crippen LogP contribution >= 0.6 is 0 Å². The van der Waals surface area contributed by atoms with Crippen molar-refractivity contribution in [1.82, 2.24) is 5.32 Å². The molecule has 13 heavy (non-hydrogen) atoms. The van der Waals surface area contributed by atoms with Crippen molar-refractivity contribution >= 4 is 6.34 Å². The molecule has 0 aliphatic heterocycles. The monoisotopic (exact) mass is 175 g/mol. The fourth-order valence-electron chi connectivity index (χ4n) is 0.657. The minimum absolute atomic E-state index is 0.0481. The number of nitriles is 2. The highest BCUT2D eigenvalue weighted by molar-refractivity contribution is 5.60. The molecule has 0 saturated heterocycles. The van der Waals surface area contributed by atoms with Crippen molar-refractivity contribution in [2.45, 2.75) is 18.9 Å². The second-order valence-corrected chi connectivity index (χ2v) is 2.67. The number of hydrogen-bond donors (Lipinski definition) is 2. The molecule has 0 aromatic rings. The molecule has 0 spiro atoms. The fourth-order valence-corrected chi connectivity index (χ4v) is 0.657. The number of nitrogens with one attached hydrogen (secondary N) is 1. The highest BCUT2D eigenvalue weighted by atomic mass is 15.0. The molecular weight excluding hydrogens is 166 g/mol. The van der Waals surface area contributed by atoms with Gasteiger partial charge in [-0.3, -0.25) is 4.99 Å². The summed E-state index contributed by atoms with van der Waals surface area (Å²) < 4.78 is 0. The number of aliphatic imine (C=N–C) groups is 1. The standard InChI is InChI=1S/C8H9N5/c9-3-7(11)8(4-10)13-5-12-6-1-2-6/h5-6H,1-2,11H2,(H,12,13)/b8-7-. The van der Waals surface area contributed by atoms with E-state index in [-0.39, 0.29) is 11.4 Å². The summed E-state index contributed by atoms with van der Waals surface area (Å²) in [4.78, 5) is 4.05. The third-order valence-corrected chi connectivity index (χ3v) is 1.54. The van der Waals surface area contributed by atoms with Crippen LogP contribution in [0.3, 0.4) is 0 Å². The van der Waals surface area contributed by atoms with Gasteiger partial charge in [-0.05, 0) is 12.8 Å². The largest absolute Gasteiger partial charge is 0.388 e. The minimum Gasteiger partial charge on any atom is -0.388 e. The van der Waals surface area contributed by atoms with Gasteiger partial charge in [-0.15, -0.1) is 0 Å². The van der Waals surface area contributed by atoms with Crippen molar-refractivity contribution < 1.29 is 0 Å². The van der Waals surface area contributed by atoms with E-state index in [0.29, 0.717) is 6.04 Å². The molecule has 1 fully saturated rings. The van der Waals surface area contributed by atoms with Gasteiger partial charge < -0.3 is 11.1 Å². The van der Waals surface area contributed by atoms with Gasteiger partial charge in [0.15, 0.2) is 5.70 Å². The SMILES string of the molecule is N#C/C(N)=C(\C#N)NC=NC1CC1. The summed E-state index contributed by atoms with van der Waals surface area (Å²) >= 11 is 0. The van der Waals surface area contributed by atoms with E-state index < -0.39 is 0 Å². The van der Waals surface area contributed by atoms with Gasteiger partial charge in [0.25, 0.3) is 0 Å². The Morgan fingerprint density at radius 3 is 2.62 bits per heavy atom. The Labute approximate surface area is 76.2 Å². The lowest BCUT2D eigenvalue weighted by Crippen LogP contribution is -2.15. The molecular formula is C8H9N5. The van der Waals surface area contributed by atoms with E-state index in [4.69, 9.17) is 16.3 Å². The van der Waals surface area contributed by atoms with E-state index in [0.717, 1.165) is 12.8 Å². The van der Waals surface area contributed by atoms with Crippen LogP contribution < -0.4 is 11.1 Å². The first-order valence-corrected chi connectivity index (χ1v) is 3.86. The molecule has 1 aliphatic rings. The summed E-state index contributed by atoms with van der Waals surface area (Å²) in [6.45, 7) is 0. The topological polar surface area (TPSA) is 98.0 Å². The van der Waals surface area contributed by atoms with Crippen molar-refractivity contribution in [3.8, 4) is 12.1 Å². The fraction of sp³-hybridized carbons (Fsp3) is 0.375.